The highest BCUT2D eigenvalue weighted by Gasteiger charge is 2.34. The fourth-order valence-corrected chi connectivity index (χ4v) is 3.91. The first-order valence-electron chi connectivity index (χ1n) is 8.81. The lowest BCUT2D eigenvalue weighted by Crippen LogP contribution is -2.29. The lowest BCUT2D eigenvalue weighted by molar-refractivity contribution is -0.143. The van der Waals surface area contributed by atoms with Gasteiger partial charge in [0.25, 0.3) is 11.1 Å². The number of methoxy groups -OCH3 is 2. The van der Waals surface area contributed by atoms with E-state index in [1.165, 1.54) is 12.0 Å². The van der Waals surface area contributed by atoms with E-state index in [4.69, 9.17) is 14.2 Å². The molecule has 10 heteroatoms. The second kappa shape index (κ2) is 11.2. The SMILES string of the molecule is CCOc1cc(/C=C2/SC(=O)N(CCCOC)C2=O)cc(Br)c1OCC(=O)OC. The van der Waals surface area contributed by atoms with Crippen LogP contribution in [0.3, 0.4) is 0 Å². The van der Waals surface area contributed by atoms with E-state index >= 15 is 0 Å². The minimum atomic E-state index is -0.523. The zero-order chi connectivity index (χ0) is 21.4. The number of esters is 1. The third-order valence-corrected chi connectivity index (χ3v) is 5.29. The zero-order valence-corrected chi connectivity index (χ0v) is 18.8. The number of benzene rings is 1. The molecular weight excluding hydrogens is 466 g/mol. The highest BCUT2D eigenvalue weighted by molar-refractivity contribution is 9.10. The molecule has 1 heterocycles. The smallest absolute Gasteiger partial charge is 0.343 e. The van der Waals surface area contributed by atoms with Crippen LogP contribution in [0.5, 0.6) is 11.5 Å². The molecule has 0 bridgehead atoms. The van der Waals surface area contributed by atoms with Crippen molar-refractivity contribution in [2.24, 2.45) is 0 Å². The molecule has 1 saturated heterocycles. The van der Waals surface area contributed by atoms with Crippen LogP contribution < -0.4 is 9.47 Å². The van der Waals surface area contributed by atoms with Crippen molar-refractivity contribution in [1.29, 1.82) is 0 Å². The summed E-state index contributed by atoms with van der Waals surface area (Å²) in [5.74, 6) is -0.111. The molecule has 0 unspecified atom stereocenters. The number of hydrogen-bond donors (Lipinski definition) is 0. The van der Waals surface area contributed by atoms with Gasteiger partial charge >= 0.3 is 5.97 Å². The molecule has 2 amide bonds. The molecule has 0 spiro atoms. The normalized spacial score (nSPS) is 15.2. The van der Waals surface area contributed by atoms with Crippen LogP contribution in [0.15, 0.2) is 21.5 Å². The molecule has 0 atom stereocenters. The molecule has 0 radical (unpaired) electrons. The number of thioether (sulfide) groups is 1. The summed E-state index contributed by atoms with van der Waals surface area (Å²) in [6.07, 6.45) is 2.20. The fraction of sp³-hybridized carbons (Fsp3) is 0.421. The van der Waals surface area contributed by atoms with Gasteiger partial charge in [-0.25, -0.2) is 4.79 Å². The maximum absolute atomic E-state index is 12.5. The lowest BCUT2D eigenvalue weighted by atomic mass is 10.2. The van der Waals surface area contributed by atoms with Crippen molar-refractivity contribution in [2.75, 3.05) is 40.6 Å². The van der Waals surface area contributed by atoms with Crippen molar-refractivity contribution in [2.45, 2.75) is 13.3 Å². The Morgan fingerprint density at radius 2 is 2.00 bits per heavy atom. The van der Waals surface area contributed by atoms with Gasteiger partial charge < -0.3 is 18.9 Å². The summed E-state index contributed by atoms with van der Waals surface area (Å²) < 4.78 is 21.2. The van der Waals surface area contributed by atoms with Crippen molar-refractivity contribution in [3.05, 3.63) is 27.1 Å². The molecule has 0 aromatic heterocycles. The van der Waals surface area contributed by atoms with Crippen molar-refractivity contribution < 1.29 is 33.3 Å². The number of nitrogens with zero attached hydrogens (tertiary/aromatic N) is 1. The fourth-order valence-electron chi connectivity index (χ4n) is 2.48. The van der Waals surface area contributed by atoms with E-state index in [2.05, 4.69) is 20.7 Å². The van der Waals surface area contributed by atoms with Crippen molar-refractivity contribution in [1.82, 2.24) is 4.90 Å². The summed E-state index contributed by atoms with van der Waals surface area (Å²) in [6, 6.07) is 3.40. The van der Waals surface area contributed by atoms with Gasteiger partial charge in [0.1, 0.15) is 0 Å². The van der Waals surface area contributed by atoms with Crippen LogP contribution in [0.1, 0.15) is 18.9 Å². The molecular formula is C19H22BrNO7S. The van der Waals surface area contributed by atoms with Gasteiger partial charge in [-0.3, -0.25) is 14.5 Å². The summed E-state index contributed by atoms with van der Waals surface area (Å²) in [6.45, 7) is 2.70. The maximum Gasteiger partial charge on any atom is 0.343 e. The predicted octanol–water partition coefficient (Wildman–Crippen LogP) is 3.47. The van der Waals surface area contributed by atoms with Crippen molar-refractivity contribution >= 4 is 50.9 Å². The highest BCUT2D eigenvalue weighted by Crippen LogP contribution is 2.39. The summed E-state index contributed by atoms with van der Waals surface area (Å²) in [7, 11) is 2.84. The molecule has 1 fully saturated rings. The Balaban J connectivity index is 2.24. The number of carbonyl (C=O) groups is 3. The molecule has 8 nitrogen and oxygen atoms in total. The lowest BCUT2D eigenvalue weighted by Gasteiger charge is -2.14. The number of halogens is 1. The third-order valence-electron chi connectivity index (χ3n) is 3.80. The maximum atomic E-state index is 12.5. The third kappa shape index (κ3) is 6.22. The van der Waals surface area contributed by atoms with Gasteiger partial charge in [-0.05, 0) is 64.8 Å². The van der Waals surface area contributed by atoms with Crippen LogP contribution in [-0.2, 0) is 19.1 Å². The van der Waals surface area contributed by atoms with Gasteiger partial charge in [0.05, 0.1) is 23.1 Å². The van der Waals surface area contributed by atoms with Crippen molar-refractivity contribution in [3.8, 4) is 11.5 Å². The van der Waals surface area contributed by atoms with Crippen LogP contribution in [0.25, 0.3) is 6.08 Å². The van der Waals surface area contributed by atoms with E-state index in [-0.39, 0.29) is 17.8 Å². The van der Waals surface area contributed by atoms with E-state index in [1.807, 2.05) is 6.92 Å². The first-order valence-corrected chi connectivity index (χ1v) is 10.4. The predicted molar refractivity (Wildman–Crippen MR) is 112 cm³/mol. The van der Waals surface area contributed by atoms with Crippen LogP contribution in [0.4, 0.5) is 4.79 Å². The molecule has 0 saturated carbocycles. The Hall–Kier alpha value is -2.04. The minimum Gasteiger partial charge on any atom is -0.490 e. The Morgan fingerprint density at radius 3 is 2.66 bits per heavy atom. The second-order valence-corrected chi connectivity index (χ2v) is 7.66. The van der Waals surface area contributed by atoms with Gasteiger partial charge in [0, 0.05) is 20.3 Å². The first-order chi connectivity index (χ1) is 13.9. The van der Waals surface area contributed by atoms with Gasteiger partial charge in [-0.2, -0.15) is 0 Å². The molecule has 1 aromatic carbocycles. The first kappa shape index (κ1) is 23.2. The van der Waals surface area contributed by atoms with E-state index in [9.17, 15) is 14.4 Å². The Kier molecular flexibility index (Phi) is 8.99. The minimum absolute atomic E-state index is 0.269. The van der Waals surface area contributed by atoms with Gasteiger partial charge in [0.15, 0.2) is 18.1 Å². The van der Waals surface area contributed by atoms with E-state index < -0.39 is 5.97 Å². The average molecular weight is 488 g/mol. The molecule has 1 aliphatic heterocycles. The highest BCUT2D eigenvalue weighted by atomic mass is 79.9. The number of rotatable bonds is 10. The molecule has 0 N–H and O–H groups in total. The number of hydrogen-bond acceptors (Lipinski definition) is 8. The second-order valence-electron chi connectivity index (χ2n) is 5.81. The summed E-state index contributed by atoms with van der Waals surface area (Å²) in [4.78, 5) is 37.6. The molecule has 1 aromatic rings. The van der Waals surface area contributed by atoms with Crippen LogP contribution in [-0.4, -0.2) is 62.6 Å². The zero-order valence-electron chi connectivity index (χ0n) is 16.4. The van der Waals surface area contributed by atoms with E-state index in [0.29, 0.717) is 52.6 Å². The largest absolute Gasteiger partial charge is 0.490 e. The summed E-state index contributed by atoms with van der Waals surface area (Å²) in [5, 5.41) is -0.306. The Morgan fingerprint density at radius 1 is 1.24 bits per heavy atom. The molecule has 158 valence electrons. The topological polar surface area (TPSA) is 91.4 Å². The molecule has 1 aliphatic rings. The number of amides is 2. The monoisotopic (exact) mass is 487 g/mol. The van der Waals surface area contributed by atoms with E-state index in [1.54, 1.807) is 25.3 Å². The van der Waals surface area contributed by atoms with Gasteiger partial charge in [-0.1, -0.05) is 0 Å². The average Bonchev–Trinajstić information content (AvgIpc) is 2.94. The molecule has 29 heavy (non-hydrogen) atoms. The van der Waals surface area contributed by atoms with E-state index in [0.717, 1.165) is 11.8 Å². The number of ether oxygens (including phenoxy) is 4. The number of carbonyl (C=O) groups excluding carboxylic acids is 3. The van der Waals surface area contributed by atoms with Gasteiger partial charge in [-0.15, -0.1) is 0 Å². The van der Waals surface area contributed by atoms with Gasteiger partial charge in [0.2, 0.25) is 0 Å². The summed E-state index contributed by atoms with van der Waals surface area (Å²) in [5.41, 5.74) is 0.646. The summed E-state index contributed by atoms with van der Waals surface area (Å²) >= 11 is 4.29. The molecule has 0 aliphatic carbocycles. The van der Waals surface area contributed by atoms with Crippen LogP contribution >= 0.6 is 27.7 Å². The molecule has 2 rings (SSSR count). The van der Waals surface area contributed by atoms with Crippen molar-refractivity contribution in [3.63, 3.8) is 0 Å². The van der Waals surface area contributed by atoms with Crippen LogP contribution in [0, 0.1) is 0 Å². The standard InChI is InChI=1S/C19H22BrNO7S/c1-4-27-14-9-12(8-13(20)17(14)28-11-16(22)26-3)10-15-18(23)21(19(24)29-15)6-5-7-25-2/h8-10H,4-7,11H2,1-3H3/b15-10+. The quantitative estimate of drug-likeness (QED) is 0.281. The van der Waals surface area contributed by atoms with Crippen LogP contribution in [0.2, 0.25) is 0 Å². The Bertz CT molecular complexity index is 812. The number of imide groups is 1. The Labute approximate surface area is 181 Å².